The van der Waals surface area contributed by atoms with Gasteiger partial charge in [0.2, 0.25) is 0 Å². The fourth-order valence-electron chi connectivity index (χ4n) is 2.41. The molecule has 0 bridgehead atoms. The molecule has 0 spiro atoms. The number of fused-ring (bicyclic) bond motifs is 1. The molecule has 2 aromatic rings. The summed E-state index contributed by atoms with van der Waals surface area (Å²) >= 11 is -0.826. The van der Waals surface area contributed by atoms with E-state index in [4.69, 9.17) is 26.5 Å². The number of hydrogen-bond donors (Lipinski definition) is 0. The quantitative estimate of drug-likeness (QED) is 0.699. The minimum absolute atomic E-state index is 0.802. The van der Waals surface area contributed by atoms with E-state index in [1.807, 2.05) is 18.2 Å². The fourth-order valence-corrected chi connectivity index (χ4v) is 2.41. The summed E-state index contributed by atoms with van der Waals surface area (Å²) in [6.45, 7) is 0. The van der Waals surface area contributed by atoms with Crippen LogP contribution in [0.2, 0.25) is 0 Å². The van der Waals surface area contributed by atoms with E-state index in [9.17, 15) is 0 Å². The van der Waals surface area contributed by atoms with Crippen LogP contribution in [0, 0.1) is 5.92 Å². The summed E-state index contributed by atoms with van der Waals surface area (Å²) in [7, 11) is 13.2. The van der Waals surface area contributed by atoms with Crippen molar-refractivity contribution in [1.82, 2.24) is 0 Å². The Hall–Kier alpha value is -0.757. The van der Waals surface area contributed by atoms with Crippen molar-refractivity contribution in [3.05, 3.63) is 71.1 Å². The predicted octanol–water partition coefficient (Wildman–Crippen LogP) is 5.08. The van der Waals surface area contributed by atoms with Crippen LogP contribution in [0.5, 0.6) is 11.5 Å². The van der Waals surface area contributed by atoms with Crippen LogP contribution in [0.3, 0.4) is 0 Å². The van der Waals surface area contributed by atoms with Crippen LogP contribution in [0.4, 0.5) is 0 Å². The molecule has 1 radical (unpaired) electrons. The van der Waals surface area contributed by atoms with Crippen LogP contribution in [-0.4, -0.2) is 14.2 Å². The van der Waals surface area contributed by atoms with Gasteiger partial charge in [0.25, 0.3) is 0 Å². The van der Waals surface area contributed by atoms with E-state index in [2.05, 4.69) is 36.4 Å². The van der Waals surface area contributed by atoms with Crippen molar-refractivity contribution in [3.63, 3.8) is 0 Å². The van der Waals surface area contributed by atoms with Crippen molar-refractivity contribution in [2.24, 2.45) is 0 Å². The normalized spacial score (nSPS) is 12.2. The summed E-state index contributed by atoms with van der Waals surface area (Å²) in [4.78, 5) is 0. The molecule has 0 heterocycles. The molecule has 5 heteroatoms. The van der Waals surface area contributed by atoms with Gasteiger partial charge in [-0.3, -0.25) is 0 Å². The van der Waals surface area contributed by atoms with E-state index in [0.717, 1.165) is 17.1 Å². The van der Waals surface area contributed by atoms with Crippen LogP contribution >= 0.6 is 17.0 Å². The molecule has 0 N–H and O–H groups in total. The molecule has 1 aliphatic carbocycles. The van der Waals surface area contributed by atoms with Gasteiger partial charge in [-0.05, 0) is 17.2 Å². The average Bonchev–Trinajstić information content (AvgIpc) is 2.99. The second-order valence-corrected chi connectivity index (χ2v) is 8.20. The van der Waals surface area contributed by atoms with Crippen LogP contribution in [0.15, 0.2) is 48.5 Å². The maximum absolute atomic E-state index is 5.48. The standard InChI is InChI=1S/C17H15O2.2ClH.Zr/c1-18-13-8-10-16(17(11-13)19-2)15-9-7-12-5-3-4-6-14(12)15;;;/h3-11H,1-2H3;2*1H;/q;;;+2/p-2. The third-order valence-electron chi connectivity index (χ3n) is 3.38. The molecule has 2 nitrogen and oxygen atoms in total. The van der Waals surface area contributed by atoms with Crippen molar-refractivity contribution in [2.75, 3.05) is 14.2 Å². The number of benzene rings is 2. The monoisotopic (exact) mass is 411 g/mol. The van der Waals surface area contributed by atoms with E-state index >= 15 is 0 Å². The Balaban J connectivity index is 0.000000545. The Morgan fingerprint density at radius 1 is 0.864 bits per heavy atom. The van der Waals surface area contributed by atoms with Gasteiger partial charge in [0.1, 0.15) is 11.5 Å². The van der Waals surface area contributed by atoms with E-state index in [1.54, 1.807) is 14.2 Å². The molecule has 0 amide bonds. The third kappa shape index (κ3) is 3.95. The minimum atomic E-state index is -0.826. The zero-order valence-electron chi connectivity index (χ0n) is 12.3. The Labute approximate surface area is 149 Å². The van der Waals surface area contributed by atoms with E-state index < -0.39 is 20.8 Å². The number of rotatable bonds is 3. The molecule has 1 aliphatic rings. The third-order valence-corrected chi connectivity index (χ3v) is 3.38. The first-order valence-electron chi connectivity index (χ1n) is 6.58. The summed E-state index contributed by atoms with van der Waals surface area (Å²) in [6.07, 6.45) is 4.27. The number of ether oxygens (including phenoxy) is 2. The Bertz CT molecular complexity index is 659. The molecule has 0 aromatic heterocycles. The van der Waals surface area contributed by atoms with Crippen molar-refractivity contribution in [2.45, 2.75) is 0 Å². The van der Waals surface area contributed by atoms with Crippen molar-refractivity contribution in [3.8, 4) is 11.5 Å². The van der Waals surface area contributed by atoms with Gasteiger partial charge < -0.3 is 9.47 Å². The number of allylic oxidation sites excluding steroid dienone is 1. The maximum atomic E-state index is 5.48. The predicted molar refractivity (Wildman–Crippen MR) is 88.2 cm³/mol. The molecule has 113 valence electrons. The average molecular weight is 413 g/mol. The first-order valence-corrected chi connectivity index (χ1v) is 12.9. The Kier molecular flexibility index (Phi) is 7.01. The van der Waals surface area contributed by atoms with E-state index in [0.29, 0.717) is 0 Å². The molecule has 0 fully saturated rings. The van der Waals surface area contributed by atoms with Crippen LogP contribution < -0.4 is 9.47 Å². The van der Waals surface area contributed by atoms with Gasteiger partial charge in [-0.2, -0.15) is 0 Å². The molecule has 0 unspecified atom stereocenters. The van der Waals surface area contributed by atoms with Gasteiger partial charge in [0.15, 0.2) is 0 Å². The van der Waals surface area contributed by atoms with Crippen molar-refractivity contribution < 1.29 is 30.3 Å². The summed E-state index contributed by atoms with van der Waals surface area (Å²) in [6, 6.07) is 14.3. The summed E-state index contributed by atoms with van der Waals surface area (Å²) in [5.74, 6) is 2.82. The van der Waals surface area contributed by atoms with Gasteiger partial charge in [-0.25, -0.2) is 0 Å². The molecule has 3 rings (SSSR count). The first-order chi connectivity index (χ1) is 10.7. The molecule has 0 aliphatic heterocycles. The molecule has 2 aromatic carbocycles. The zero-order chi connectivity index (χ0) is 15.9. The molecular formula is C17H15Cl2O2Zr. The fraction of sp³-hybridized carbons (Fsp3) is 0.118. The number of hydrogen-bond acceptors (Lipinski definition) is 2. The molecule has 0 saturated heterocycles. The summed E-state index contributed by atoms with van der Waals surface area (Å²) in [5, 5.41) is 0. The first kappa shape index (κ1) is 17.6. The topological polar surface area (TPSA) is 18.5 Å². The van der Waals surface area contributed by atoms with Gasteiger partial charge in [0, 0.05) is 11.6 Å². The van der Waals surface area contributed by atoms with Crippen LogP contribution in [0.1, 0.15) is 16.7 Å². The Morgan fingerprint density at radius 3 is 2.27 bits per heavy atom. The Morgan fingerprint density at radius 2 is 1.59 bits per heavy atom. The van der Waals surface area contributed by atoms with Gasteiger partial charge in [0.05, 0.1) is 20.1 Å². The molecule has 22 heavy (non-hydrogen) atoms. The summed E-state index contributed by atoms with van der Waals surface area (Å²) < 4.78 is 10.7. The zero-order valence-corrected chi connectivity index (χ0v) is 16.2. The second kappa shape index (κ2) is 8.77. The molecular weight excluding hydrogens is 398 g/mol. The van der Waals surface area contributed by atoms with Crippen LogP contribution in [-0.2, 0) is 20.8 Å². The number of methoxy groups -OCH3 is 2. The van der Waals surface area contributed by atoms with Gasteiger partial charge >= 0.3 is 37.9 Å². The molecule has 0 atom stereocenters. The molecule has 0 saturated carbocycles. The van der Waals surface area contributed by atoms with Gasteiger partial charge in [-0.15, -0.1) is 0 Å². The van der Waals surface area contributed by atoms with Crippen molar-refractivity contribution in [1.29, 1.82) is 0 Å². The van der Waals surface area contributed by atoms with Gasteiger partial charge in [-0.1, -0.05) is 42.5 Å². The van der Waals surface area contributed by atoms with E-state index in [-0.39, 0.29) is 0 Å². The van der Waals surface area contributed by atoms with E-state index in [1.165, 1.54) is 17.0 Å². The second-order valence-electron chi connectivity index (χ2n) is 4.47. The number of halogens is 2. The SMILES string of the molecule is COc1ccc([C]2C=Cc3ccccc32)c(OC)c1.[Cl][Zr][Cl]. The summed E-state index contributed by atoms with van der Waals surface area (Å²) in [5.41, 5.74) is 3.57. The van der Waals surface area contributed by atoms with Crippen LogP contribution in [0.25, 0.3) is 6.08 Å². The van der Waals surface area contributed by atoms with Crippen molar-refractivity contribution >= 4 is 23.1 Å².